The zero-order valence-corrected chi connectivity index (χ0v) is 19.3. The number of nitrogens with zero attached hydrogens (tertiary/aromatic N) is 3. The molecule has 6 nitrogen and oxygen atoms in total. The van der Waals surface area contributed by atoms with Gasteiger partial charge >= 0.3 is 0 Å². The number of nitrogens with one attached hydrogen (secondary N) is 1. The minimum Gasteiger partial charge on any atom is -0.467 e. The summed E-state index contributed by atoms with van der Waals surface area (Å²) in [6.45, 7) is 4.68. The van der Waals surface area contributed by atoms with Gasteiger partial charge in [-0.15, -0.1) is 10.2 Å². The summed E-state index contributed by atoms with van der Waals surface area (Å²) in [6, 6.07) is 21.5. The zero-order chi connectivity index (χ0) is 22.8. The molecule has 3 heterocycles. The molecule has 166 valence electrons. The molecule has 0 aliphatic heterocycles. The van der Waals surface area contributed by atoms with Crippen LogP contribution in [0, 0.1) is 0 Å². The van der Waals surface area contributed by atoms with E-state index in [2.05, 4.69) is 29.0 Å². The van der Waals surface area contributed by atoms with Gasteiger partial charge in [-0.05, 0) is 23.8 Å². The number of H-pyrrole nitrogens is 1. The fourth-order valence-electron chi connectivity index (χ4n) is 3.94. The molecule has 3 aromatic heterocycles. The van der Waals surface area contributed by atoms with Crippen molar-refractivity contribution in [2.24, 2.45) is 0 Å². The number of para-hydroxylation sites is 1. The van der Waals surface area contributed by atoms with Crippen molar-refractivity contribution in [1.82, 2.24) is 19.7 Å². The summed E-state index contributed by atoms with van der Waals surface area (Å²) >= 11 is 1.43. The molecular weight excluding hydrogens is 432 g/mol. The number of benzene rings is 2. The van der Waals surface area contributed by atoms with Crippen LogP contribution in [-0.2, 0) is 6.54 Å². The van der Waals surface area contributed by atoms with Crippen LogP contribution in [0.1, 0.15) is 52.5 Å². The molecule has 7 heteroatoms. The van der Waals surface area contributed by atoms with Crippen LogP contribution in [0.4, 0.5) is 0 Å². The molecule has 5 aromatic rings. The highest BCUT2D eigenvalue weighted by Crippen LogP contribution is 2.39. The smallest absolute Gasteiger partial charge is 0.192 e. The molecule has 33 heavy (non-hydrogen) atoms. The van der Waals surface area contributed by atoms with Crippen LogP contribution in [0.25, 0.3) is 10.9 Å². The fraction of sp³-hybridized carbons (Fsp3) is 0.192. The van der Waals surface area contributed by atoms with E-state index in [9.17, 15) is 4.79 Å². The van der Waals surface area contributed by atoms with Gasteiger partial charge in [-0.2, -0.15) is 0 Å². The number of ketones is 1. The highest BCUT2D eigenvalue weighted by molar-refractivity contribution is 8.00. The molecular formula is C26H24N4O2S. The molecule has 0 fully saturated rings. The summed E-state index contributed by atoms with van der Waals surface area (Å²) in [4.78, 5) is 17.1. The molecule has 5 rings (SSSR count). The summed E-state index contributed by atoms with van der Waals surface area (Å²) in [5.74, 6) is 1.89. The van der Waals surface area contributed by atoms with Gasteiger partial charge in [0.2, 0.25) is 0 Å². The minimum atomic E-state index is -0.468. The number of aromatic nitrogens is 4. The van der Waals surface area contributed by atoms with E-state index in [-0.39, 0.29) is 11.7 Å². The topological polar surface area (TPSA) is 76.7 Å². The number of hydrogen-bond donors (Lipinski definition) is 1. The summed E-state index contributed by atoms with van der Waals surface area (Å²) in [7, 11) is 0. The Morgan fingerprint density at radius 3 is 2.58 bits per heavy atom. The molecule has 1 atom stereocenters. The van der Waals surface area contributed by atoms with Crippen molar-refractivity contribution in [3.05, 3.63) is 102 Å². The maximum Gasteiger partial charge on any atom is 0.192 e. The van der Waals surface area contributed by atoms with E-state index in [1.807, 2.05) is 71.3 Å². The van der Waals surface area contributed by atoms with Gasteiger partial charge in [0.25, 0.3) is 0 Å². The van der Waals surface area contributed by atoms with Gasteiger partial charge in [-0.3, -0.25) is 9.36 Å². The average Bonchev–Trinajstić information content (AvgIpc) is 3.58. The van der Waals surface area contributed by atoms with Crippen molar-refractivity contribution < 1.29 is 9.21 Å². The molecule has 1 N–H and O–H groups in total. The molecule has 0 bridgehead atoms. The number of hydrogen-bond acceptors (Lipinski definition) is 5. The van der Waals surface area contributed by atoms with Crippen LogP contribution in [0.3, 0.4) is 0 Å². The van der Waals surface area contributed by atoms with Crippen molar-refractivity contribution >= 4 is 28.4 Å². The molecule has 0 aliphatic carbocycles. The molecule has 0 amide bonds. The minimum absolute atomic E-state index is 0.0299. The van der Waals surface area contributed by atoms with E-state index < -0.39 is 5.25 Å². The number of carbonyl (C=O) groups excluding carboxylic acids is 1. The maximum atomic E-state index is 13.9. The Balaban J connectivity index is 1.56. The van der Waals surface area contributed by atoms with Crippen molar-refractivity contribution in [3.8, 4) is 0 Å². The SMILES string of the molecule is CC(C)c1nnc(SC(C(=O)c2c[nH]c3ccccc23)c2ccccc2)n1Cc1ccco1. The summed E-state index contributed by atoms with van der Waals surface area (Å²) < 4.78 is 7.63. The third-order valence-electron chi connectivity index (χ3n) is 5.57. The van der Waals surface area contributed by atoms with E-state index >= 15 is 0 Å². The first-order valence-electron chi connectivity index (χ1n) is 10.9. The Morgan fingerprint density at radius 1 is 1.03 bits per heavy atom. The van der Waals surface area contributed by atoms with Crippen molar-refractivity contribution in [2.45, 2.75) is 36.7 Å². The molecule has 0 spiro atoms. The second kappa shape index (κ2) is 9.11. The lowest BCUT2D eigenvalue weighted by Gasteiger charge is -2.17. The van der Waals surface area contributed by atoms with Gasteiger partial charge in [0.05, 0.1) is 12.8 Å². The standard InChI is InChI=1S/C26H24N4O2S/c1-17(2)25-28-29-26(30(25)16-19-11-8-14-32-19)33-24(18-9-4-3-5-10-18)23(31)21-15-27-22-13-7-6-12-20(21)22/h3-15,17,24,27H,16H2,1-2H3. The monoisotopic (exact) mass is 456 g/mol. The largest absolute Gasteiger partial charge is 0.467 e. The number of rotatable bonds is 8. The van der Waals surface area contributed by atoms with Gasteiger partial charge in [-0.25, -0.2) is 0 Å². The lowest BCUT2D eigenvalue weighted by Crippen LogP contribution is -2.12. The van der Waals surface area contributed by atoms with Crippen LogP contribution >= 0.6 is 11.8 Å². The molecule has 0 saturated carbocycles. The van der Waals surface area contributed by atoms with Gasteiger partial charge < -0.3 is 9.40 Å². The molecule has 0 radical (unpaired) electrons. The second-order valence-electron chi connectivity index (χ2n) is 8.18. The van der Waals surface area contributed by atoms with E-state index in [4.69, 9.17) is 4.42 Å². The van der Waals surface area contributed by atoms with E-state index in [0.717, 1.165) is 28.1 Å². The number of Topliss-reactive ketones (excluding diaryl/α,β-unsaturated/α-hetero) is 1. The van der Waals surface area contributed by atoms with Crippen LogP contribution in [-0.4, -0.2) is 25.5 Å². The summed E-state index contributed by atoms with van der Waals surface area (Å²) in [5.41, 5.74) is 2.55. The first-order valence-corrected chi connectivity index (χ1v) is 11.8. The predicted octanol–water partition coefficient (Wildman–Crippen LogP) is 6.24. The number of thioether (sulfide) groups is 1. The lowest BCUT2D eigenvalue weighted by atomic mass is 10.0. The number of aromatic amines is 1. The van der Waals surface area contributed by atoms with Crippen molar-refractivity contribution in [2.75, 3.05) is 0 Å². The molecule has 1 unspecified atom stereocenters. The van der Waals surface area contributed by atoms with Gasteiger partial charge in [0.1, 0.15) is 16.8 Å². The Labute approximate surface area is 196 Å². The second-order valence-corrected chi connectivity index (χ2v) is 9.25. The van der Waals surface area contributed by atoms with Crippen LogP contribution in [0.15, 0.2) is 88.8 Å². The quantitative estimate of drug-likeness (QED) is 0.221. The van der Waals surface area contributed by atoms with Gasteiger partial charge in [-0.1, -0.05) is 74.1 Å². The Bertz CT molecular complexity index is 1370. The lowest BCUT2D eigenvalue weighted by molar-refractivity contribution is 0.0991. The zero-order valence-electron chi connectivity index (χ0n) is 18.4. The van der Waals surface area contributed by atoms with E-state index in [1.165, 1.54) is 11.8 Å². The van der Waals surface area contributed by atoms with Crippen LogP contribution in [0.2, 0.25) is 0 Å². The molecule has 2 aromatic carbocycles. The first kappa shape index (κ1) is 21.3. The Morgan fingerprint density at radius 2 is 1.82 bits per heavy atom. The number of fused-ring (bicyclic) bond motifs is 1. The third kappa shape index (κ3) is 4.24. The van der Waals surface area contributed by atoms with Crippen LogP contribution < -0.4 is 0 Å². The highest BCUT2D eigenvalue weighted by Gasteiger charge is 2.28. The van der Waals surface area contributed by atoms with Crippen molar-refractivity contribution in [1.29, 1.82) is 0 Å². The number of furan rings is 1. The van der Waals surface area contributed by atoms with Crippen molar-refractivity contribution in [3.63, 3.8) is 0 Å². The molecule has 0 saturated heterocycles. The Hall–Kier alpha value is -3.58. The number of carbonyl (C=O) groups is 1. The average molecular weight is 457 g/mol. The van der Waals surface area contributed by atoms with E-state index in [1.54, 1.807) is 12.5 Å². The highest BCUT2D eigenvalue weighted by atomic mass is 32.2. The normalized spacial score (nSPS) is 12.5. The van der Waals surface area contributed by atoms with Gasteiger partial charge in [0.15, 0.2) is 10.9 Å². The maximum absolute atomic E-state index is 13.9. The Kier molecular flexibility index (Phi) is 5.88. The molecule has 0 aliphatic rings. The fourth-order valence-corrected chi connectivity index (χ4v) is 5.06. The van der Waals surface area contributed by atoms with E-state index in [0.29, 0.717) is 17.3 Å². The summed E-state index contributed by atoms with van der Waals surface area (Å²) in [5, 5.41) is 10.1. The van der Waals surface area contributed by atoms with Crippen LogP contribution in [0.5, 0.6) is 0 Å². The predicted molar refractivity (Wildman–Crippen MR) is 130 cm³/mol. The summed E-state index contributed by atoms with van der Waals surface area (Å²) in [6.07, 6.45) is 3.46. The third-order valence-corrected chi connectivity index (χ3v) is 6.81. The first-order chi connectivity index (χ1) is 16.1. The van der Waals surface area contributed by atoms with Gasteiger partial charge in [0, 0.05) is 28.6 Å².